The molecule has 2 aromatic rings. The van der Waals surface area contributed by atoms with E-state index in [4.69, 9.17) is 14.2 Å². The third-order valence-electron chi connectivity index (χ3n) is 4.29. The first-order valence-corrected chi connectivity index (χ1v) is 8.54. The molecule has 136 valence electrons. The molecule has 4 rings (SSSR count). The lowest BCUT2D eigenvalue weighted by atomic mass is 10.3. The van der Waals surface area contributed by atoms with Crippen LogP contribution in [0.2, 0.25) is 0 Å². The van der Waals surface area contributed by atoms with Gasteiger partial charge in [0.2, 0.25) is 6.79 Å². The van der Waals surface area contributed by atoms with Gasteiger partial charge in [0.1, 0.15) is 5.75 Å². The lowest BCUT2D eigenvalue weighted by Crippen LogP contribution is -2.33. The molecule has 2 heterocycles. The van der Waals surface area contributed by atoms with Crippen molar-refractivity contribution in [3.05, 3.63) is 46.6 Å². The van der Waals surface area contributed by atoms with Crippen molar-refractivity contribution in [2.75, 3.05) is 19.9 Å². The number of hydrogen-bond acceptors (Lipinski definition) is 6. The summed E-state index contributed by atoms with van der Waals surface area (Å²) >= 11 is 0. The molecule has 8 heteroatoms. The maximum atomic E-state index is 12.0. The highest BCUT2D eigenvalue weighted by atomic mass is 16.7. The van der Waals surface area contributed by atoms with Crippen LogP contribution in [0.5, 0.6) is 17.2 Å². The number of nitrogens with one attached hydrogen (secondary N) is 1. The molecule has 1 aromatic carbocycles. The number of fused-ring (bicyclic) bond motifs is 1. The first-order valence-electron chi connectivity index (χ1n) is 8.54. The lowest BCUT2D eigenvalue weighted by Gasteiger charge is -2.09. The van der Waals surface area contributed by atoms with E-state index < -0.39 is 0 Å². The molecule has 8 nitrogen and oxygen atoms in total. The fraction of sp³-hybridized carbons (Fsp3) is 0.389. The zero-order chi connectivity index (χ0) is 17.9. The molecule has 2 aliphatic rings. The molecule has 1 aliphatic heterocycles. The number of hydrogen-bond donors (Lipinski definition) is 1. The van der Waals surface area contributed by atoms with Crippen LogP contribution >= 0.6 is 0 Å². The summed E-state index contributed by atoms with van der Waals surface area (Å²) in [6.07, 6.45) is 3.76. The summed E-state index contributed by atoms with van der Waals surface area (Å²) in [4.78, 5) is 28.2. The first-order chi connectivity index (χ1) is 12.7. The Morgan fingerprint density at radius 2 is 2.12 bits per heavy atom. The Kier molecular flexibility index (Phi) is 4.47. The van der Waals surface area contributed by atoms with Gasteiger partial charge in [0.25, 0.3) is 11.5 Å². The predicted octanol–water partition coefficient (Wildman–Crippen LogP) is 1.04. The van der Waals surface area contributed by atoms with E-state index in [0.29, 0.717) is 36.3 Å². The zero-order valence-corrected chi connectivity index (χ0v) is 14.1. The quantitative estimate of drug-likeness (QED) is 0.796. The van der Waals surface area contributed by atoms with E-state index in [0.717, 1.165) is 18.5 Å². The molecular formula is C18H19N3O5. The maximum Gasteiger partial charge on any atom is 0.258 e. The number of aromatic nitrogens is 2. The van der Waals surface area contributed by atoms with Crippen molar-refractivity contribution in [2.45, 2.75) is 25.3 Å². The fourth-order valence-corrected chi connectivity index (χ4v) is 2.69. The summed E-state index contributed by atoms with van der Waals surface area (Å²) < 4.78 is 17.4. The average Bonchev–Trinajstić information content (AvgIpc) is 3.39. The Hall–Kier alpha value is -3.03. The Morgan fingerprint density at radius 3 is 2.92 bits per heavy atom. The highest BCUT2D eigenvalue weighted by Crippen LogP contribution is 2.38. The van der Waals surface area contributed by atoms with Gasteiger partial charge in [-0.2, -0.15) is 0 Å². The SMILES string of the molecule is O=C(COc1ccc2c(c1)OCO2)NCCn1cnc(C2CC2)cc1=O. The van der Waals surface area contributed by atoms with Crippen LogP contribution in [0, 0.1) is 0 Å². The van der Waals surface area contributed by atoms with Crippen molar-refractivity contribution in [2.24, 2.45) is 0 Å². The van der Waals surface area contributed by atoms with Gasteiger partial charge in [-0.15, -0.1) is 0 Å². The van der Waals surface area contributed by atoms with Crippen molar-refractivity contribution in [1.82, 2.24) is 14.9 Å². The first kappa shape index (κ1) is 16.4. The zero-order valence-electron chi connectivity index (χ0n) is 14.1. The summed E-state index contributed by atoms with van der Waals surface area (Å²) in [6.45, 7) is 0.767. The van der Waals surface area contributed by atoms with Crippen LogP contribution < -0.4 is 25.1 Å². The van der Waals surface area contributed by atoms with Crippen LogP contribution in [0.1, 0.15) is 24.5 Å². The van der Waals surface area contributed by atoms with Crippen molar-refractivity contribution < 1.29 is 19.0 Å². The van der Waals surface area contributed by atoms with Crippen LogP contribution in [0.3, 0.4) is 0 Å². The molecule has 1 saturated carbocycles. The summed E-state index contributed by atoms with van der Waals surface area (Å²) in [5, 5.41) is 2.72. The van der Waals surface area contributed by atoms with E-state index in [1.165, 1.54) is 4.57 Å². The summed E-state index contributed by atoms with van der Waals surface area (Å²) in [6, 6.07) is 6.72. The maximum absolute atomic E-state index is 12.0. The van der Waals surface area contributed by atoms with E-state index in [2.05, 4.69) is 10.3 Å². The van der Waals surface area contributed by atoms with Gasteiger partial charge in [0.05, 0.1) is 12.0 Å². The molecule has 1 amide bonds. The second-order valence-corrected chi connectivity index (χ2v) is 6.27. The lowest BCUT2D eigenvalue weighted by molar-refractivity contribution is -0.123. The van der Waals surface area contributed by atoms with E-state index >= 15 is 0 Å². The Balaban J connectivity index is 1.22. The van der Waals surface area contributed by atoms with Gasteiger partial charge in [-0.3, -0.25) is 14.2 Å². The topological polar surface area (TPSA) is 91.7 Å². The Morgan fingerprint density at radius 1 is 1.27 bits per heavy atom. The second-order valence-electron chi connectivity index (χ2n) is 6.27. The second kappa shape index (κ2) is 7.07. The number of rotatable bonds is 7. The highest BCUT2D eigenvalue weighted by Gasteiger charge is 2.25. The third kappa shape index (κ3) is 3.79. The molecule has 1 aromatic heterocycles. The van der Waals surface area contributed by atoms with Crippen molar-refractivity contribution >= 4 is 5.91 Å². The van der Waals surface area contributed by atoms with Gasteiger partial charge >= 0.3 is 0 Å². The number of nitrogens with zero attached hydrogens (tertiary/aromatic N) is 2. The molecule has 0 spiro atoms. The molecule has 0 radical (unpaired) electrons. The molecule has 0 bridgehead atoms. The molecule has 0 unspecified atom stereocenters. The van der Waals surface area contributed by atoms with Gasteiger partial charge < -0.3 is 19.5 Å². The molecule has 1 fully saturated rings. The van der Waals surface area contributed by atoms with Crippen LogP contribution in [-0.4, -0.2) is 35.4 Å². The number of carbonyl (C=O) groups is 1. The van der Waals surface area contributed by atoms with E-state index in [1.54, 1.807) is 30.6 Å². The molecule has 1 N–H and O–H groups in total. The summed E-state index contributed by atoms with van der Waals surface area (Å²) in [5.74, 6) is 1.97. The van der Waals surface area contributed by atoms with Crippen molar-refractivity contribution in [3.63, 3.8) is 0 Å². The smallest absolute Gasteiger partial charge is 0.258 e. The van der Waals surface area contributed by atoms with Crippen LogP contribution in [0.25, 0.3) is 0 Å². The molecule has 1 aliphatic carbocycles. The number of carbonyl (C=O) groups excluding carboxylic acids is 1. The fourth-order valence-electron chi connectivity index (χ4n) is 2.69. The standard InChI is InChI=1S/C18H19N3O5/c22-17(9-24-13-3-4-15-16(7-13)26-11-25-15)19-5-6-21-10-20-14(8-18(21)23)12-1-2-12/h3-4,7-8,10,12H,1-2,5-6,9,11H2,(H,19,22). The van der Waals surface area contributed by atoms with Gasteiger partial charge in [0.15, 0.2) is 18.1 Å². The van der Waals surface area contributed by atoms with Crippen LogP contribution in [-0.2, 0) is 11.3 Å². The molecular weight excluding hydrogens is 338 g/mol. The molecule has 0 saturated heterocycles. The van der Waals surface area contributed by atoms with Crippen LogP contribution in [0.4, 0.5) is 0 Å². The molecule has 26 heavy (non-hydrogen) atoms. The van der Waals surface area contributed by atoms with Crippen molar-refractivity contribution in [3.8, 4) is 17.2 Å². The van der Waals surface area contributed by atoms with Gasteiger partial charge in [0, 0.05) is 31.1 Å². The van der Waals surface area contributed by atoms with Gasteiger partial charge in [-0.05, 0) is 25.0 Å². The van der Waals surface area contributed by atoms with E-state index in [9.17, 15) is 9.59 Å². The van der Waals surface area contributed by atoms with Crippen LogP contribution in [0.15, 0.2) is 35.4 Å². The predicted molar refractivity (Wildman–Crippen MR) is 91.5 cm³/mol. The normalized spacial score (nSPS) is 14.9. The minimum Gasteiger partial charge on any atom is -0.484 e. The highest BCUT2D eigenvalue weighted by molar-refractivity contribution is 5.77. The monoisotopic (exact) mass is 357 g/mol. The summed E-state index contributed by atoms with van der Waals surface area (Å²) in [5.41, 5.74) is 0.778. The van der Waals surface area contributed by atoms with E-state index in [1.807, 2.05) is 0 Å². The third-order valence-corrected chi connectivity index (χ3v) is 4.29. The number of benzene rings is 1. The average molecular weight is 357 g/mol. The number of ether oxygens (including phenoxy) is 3. The largest absolute Gasteiger partial charge is 0.484 e. The van der Waals surface area contributed by atoms with Gasteiger partial charge in [-0.1, -0.05) is 0 Å². The molecule has 0 atom stereocenters. The minimum absolute atomic E-state index is 0.0900. The van der Waals surface area contributed by atoms with Gasteiger partial charge in [-0.25, -0.2) is 4.98 Å². The Bertz CT molecular complexity index is 875. The number of amides is 1. The Labute approximate surface area is 149 Å². The minimum atomic E-state index is -0.265. The summed E-state index contributed by atoms with van der Waals surface area (Å²) in [7, 11) is 0. The van der Waals surface area contributed by atoms with Crippen molar-refractivity contribution in [1.29, 1.82) is 0 Å². The van der Waals surface area contributed by atoms with E-state index in [-0.39, 0.29) is 24.9 Å².